The summed E-state index contributed by atoms with van der Waals surface area (Å²) in [5.41, 5.74) is 1.83. The number of hydrogen-bond donors (Lipinski definition) is 2. The maximum atomic E-state index is 5.58. The van der Waals surface area contributed by atoms with E-state index in [2.05, 4.69) is 42.0 Å². The van der Waals surface area contributed by atoms with Crippen LogP contribution in [0.2, 0.25) is 0 Å². The van der Waals surface area contributed by atoms with E-state index in [9.17, 15) is 0 Å². The lowest BCUT2D eigenvalue weighted by Crippen LogP contribution is -2.42. The Hall–Kier alpha value is -2.63. The van der Waals surface area contributed by atoms with Gasteiger partial charge in [-0.25, -0.2) is 15.0 Å². The van der Waals surface area contributed by atoms with Crippen molar-refractivity contribution in [2.45, 2.75) is 6.54 Å². The largest absolute Gasteiger partial charge is 0.388 e. The second kappa shape index (κ2) is 10.7. The number of rotatable bonds is 4. The van der Waals surface area contributed by atoms with Crippen molar-refractivity contribution in [1.82, 2.24) is 30.2 Å². The number of nitrogens with zero attached hydrogens (tertiary/aromatic N) is 5. The van der Waals surface area contributed by atoms with Crippen LogP contribution in [0.25, 0.3) is 32.6 Å². The Kier molecular flexibility index (Phi) is 7.31. The fourth-order valence-corrected chi connectivity index (χ4v) is 5.40. The van der Waals surface area contributed by atoms with Gasteiger partial charge in [-0.2, -0.15) is 0 Å². The first kappa shape index (κ1) is 23.1. The normalized spacial score (nSPS) is 17.2. The predicted octanol–water partition coefficient (Wildman–Crippen LogP) is 2.74. The highest BCUT2D eigenvalue weighted by atomic mass is 32.1. The monoisotopic (exact) mass is 481 g/mol. The highest BCUT2D eigenvalue weighted by Crippen LogP contribution is 2.34. The second-order valence-corrected chi connectivity index (χ2v) is 9.59. The molecule has 0 saturated carbocycles. The summed E-state index contributed by atoms with van der Waals surface area (Å²) in [6.07, 6.45) is 3.77. The number of ether oxygens (including phenoxy) is 2. The van der Waals surface area contributed by atoms with Gasteiger partial charge in [-0.1, -0.05) is 0 Å². The van der Waals surface area contributed by atoms with Crippen LogP contribution in [0.1, 0.15) is 4.88 Å². The third kappa shape index (κ3) is 5.06. The molecule has 2 aliphatic rings. The Morgan fingerprint density at radius 2 is 1.88 bits per heavy atom. The van der Waals surface area contributed by atoms with Crippen molar-refractivity contribution in [3.05, 3.63) is 35.5 Å². The van der Waals surface area contributed by atoms with Gasteiger partial charge in [0.2, 0.25) is 0 Å². The molecular formula is C24H31N7O2S. The zero-order valence-electron chi connectivity index (χ0n) is 19.7. The van der Waals surface area contributed by atoms with E-state index in [1.807, 2.05) is 18.5 Å². The Labute approximate surface area is 203 Å². The quantitative estimate of drug-likeness (QED) is 0.460. The molecule has 0 radical (unpaired) electrons. The molecule has 2 N–H and O–H groups in total. The average Bonchev–Trinajstić information content (AvgIpc) is 3.51. The number of aromatic amines is 1. The van der Waals surface area contributed by atoms with Gasteiger partial charge in [0.15, 0.2) is 5.82 Å². The van der Waals surface area contributed by atoms with Crippen LogP contribution in [0, 0.1) is 0 Å². The first-order chi connectivity index (χ1) is 16.7. The van der Waals surface area contributed by atoms with Gasteiger partial charge < -0.3 is 24.7 Å². The van der Waals surface area contributed by atoms with E-state index in [0.29, 0.717) is 0 Å². The van der Waals surface area contributed by atoms with Crippen molar-refractivity contribution < 1.29 is 9.47 Å². The molecule has 34 heavy (non-hydrogen) atoms. The zero-order chi connectivity index (χ0) is 23.3. The molecule has 2 saturated heterocycles. The minimum atomic E-state index is 0.732. The minimum Gasteiger partial charge on any atom is -0.388 e. The van der Waals surface area contributed by atoms with E-state index < -0.39 is 0 Å². The van der Waals surface area contributed by atoms with Crippen molar-refractivity contribution >= 4 is 38.4 Å². The number of H-pyrrole nitrogens is 1. The summed E-state index contributed by atoms with van der Waals surface area (Å²) in [7, 11) is 3.25. The fraction of sp³-hybridized carbons (Fsp3) is 0.458. The molecule has 4 aromatic rings. The van der Waals surface area contributed by atoms with Crippen molar-refractivity contribution in [2.24, 2.45) is 0 Å². The average molecular weight is 482 g/mol. The molecule has 2 fully saturated rings. The molecule has 0 bridgehead atoms. The maximum Gasteiger partial charge on any atom is 0.164 e. The number of methoxy groups -OCH3 is 1. The SMILES string of the molecule is COC.c1cc2cc(-c3nc(N4CCOCC4)c4cc(CN5CCNCC5)sc4n3)cnc2[nH]1. The molecule has 4 aromatic heterocycles. The van der Waals surface area contributed by atoms with Crippen LogP contribution >= 0.6 is 11.3 Å². The molecule has 6 rings (SSSR count). The molecule has 2 aliphatic heterocycles. The summed E-state index contributed by atoms with van der Waals surface area (Å²) in [5, 5.41) is 5.65. The van der Waals surface area contributed by atoms with Crippen LogP contribution in [0.15, 0.2) is 30.6 Å². The van der Waals surface area contributed by atoms with Gasteiger partial charge in [0, 0.05) is 88.3 Å². The van der Waals surface area contributed by atoms with Crippen LogP contribution in [0.4, 0.5) is 5.82 Å². The van der Waals surface area contributed by atoms with Gasteiger partial charge in [0.25, 0.3) is 0 Å². The summed E-state index contributed by atoms with van der Waals surface area (Å²) < 4.78 is 9.83. The van der Waals surface area contributed by atoms with E-state index in [-0.39, 0.29) is 0 Å². The molecular weight excluding hydrogens is 450 g/mol. The summed E-state index contributed by atoms with van der Waals surface area (Å²) in [6, 6.07) is 6.44. The summed E-state index contributed by atoms with van der Waals surface area (Å²) in [4.78, 5) is 24.9. The number of fused-ring (bicyclic) bond motifs is 2. The number of anilines is 1. The number of morpholine rings is 1. The van der Waals surface area contributed by atoms with Gasteiger partial charge in [-0.3, -0.25) is 4.90 Å². The van der Waals surface area contributed by atoms with Crippen LogP contribution in [0.3, 0.4) is 0 Å². The van der Waals surface area contributed by atoms with Crippen molar-refractivity contribution in [3.8, 4) is 11.4 Å². The predicted molar refractivity (Wildman–Crippen MR) is 137 cm³/mol. The number of aromatic nitrogens is 4. The molecule has 0 spiro atoms. The van der Waals surface area contributed by atoms with Gasteiger partial charge in [-0.15, -0.1) is 11.3 Å². The zero-order valence-corrected chi connectivity index (χ0v) is 20.5. The van der Waals surface area contributed by atoms with Crippen LogP contribution in [0.5, 0.6) is 0 Å². The smallest absolute Gasteiger partial charge is 0.164 e. The first-order valence-corrected chi connectivity index (χ1v) is 12.5. The van der Waals surface area contributed by atoms with Crippen LogP contribution in [-0.2, 0) is 16.0 Å². The molecule has 0 amide bonds. The number of hydrogen-bond acceptors (Lipinski definition) is 9. The molecule has 0 unspecified atom stereocenters. The lowest BCUT2D eigenvalue weighted by atomic mass is 10.2. The Bertz CT molecular complexity index is 1230. The lowest BCUT2D eigenvalue weighted by molar-refractivity contribution is 0.122. The second-order valence-electron chi connectivity index (χ2n) is 8.48. The van der Waals surface area contributed by atoms with Gasteiger partial charge in [-0.05, 0) is 18.2 Å². The fourth-order valence-electron chi connectivity index (χ4n) is 4.33. The van der Waals surface area contributed by atoms with Gasteiger partial charge in [0.05, 0.1) is 18.6 Å². The number of pyridine rings is 1. The summed E-state index contributed by atoms with van der Waals surface area (Å²) >= 11 is 1.79. The molecule has 0 aliphatic carbocycles. The van der Waals surface area contributed by atoms with E-state index in [0.717, 1.165) is 97.5 Å². The van der Waals surface area contributed by atoms with E-state index in [1.165, 1.54) is 4.88 Å². The van der Waals surface area contributed by atoms with E-state index in [4.69, 9.17) is 14.7 Å². The third-order valence-electron chi connectivity index (χ3n) is 5.98. The molecule has 180 valence electrons. The number of thiophene rings is 1. The minimum absolute atomic E-state index is 0.732. The Balaban J connectivity index is 0.000000764. The standard InChI is InChI=1S/C22H25N7OS.C2H6O/c1-2-24-19-15(1)11-16(13-25-19)20-26-21(29-7-9-30-10-8-29)18-12-17(31-22(18)27-20)14-28-5-3-23-4-6-28;1-3-2/h1-2,11-13,23H,3-10,14H2,(H,24,25);1-2H3. The van der Waals surface area contributed by atoms with Crippen LogP contribution < -0.4 is 10.2 Å². The van der Waals surface area contributed by atoms with E-state index >= 15 is 0 Å². The van der Waals surface area contributed by atoms with Crippen molar-refractivity contribution in [2.75, 3.05) is 71.6 Å². The summed E-state index contributed by atoms with van der Waals surface area (Å²) in [6.45, 7) is 8.42. The third-order valence-corrected chi connectivity index (χ3v) is 7.00. The highest BCUT2D eigenvalue weighted by Gasteiger charge is 2.21. The Morgan fingerprint density at radius 1 is 1.09 bits per heavy atom. The van der Waals surface area contributed by atoms with Crippen molar-refractivity contribution in [1.29, 1.82) is 0 Å². The number of nitrogens with one attached hydrogen (secondary N) is 2. The van der Waals surface area contributed by atoms with Crippen LogP contribution in [-0.4, -0.2) is 91.5 Å². The maximum absolute atomic E-state index is 5.58. The molecule has 0 aromatic carbocycles. The number of piperazine rings is 1. The molecule has 0 atom stereocenters. The summed E-state index contributed by atoms with van der Waals surface area (Å²) in [5.74, 6) is 1.75. The molecule has 9 nitrogen and oxygen atoms in total. The Morgan fingerprint density at radius 3 is 2.68 bits per heavy atom. The molecule has 6 heterocycles. The van der Waals surface area contributed by atoms with Gasteiger partial charge in [0.1, 0.15) is 16.3 Å². The van der Waals surface area contributed by atoms with E-state index in [1.54, 1.807) is 25.6 Å². The topological polar surface area (TPSA) is 91.4 Å². The molecule has 10 heteroatoms. The van der Waals surface area contributed by atoms with Crippen molar-refractivity contribution in [3.63, 3.8) is 0 Å². The lowest BCUT2D eigenvalue weighted by Gasteiger charge is -2.28. The van der Waals surface area contributed by atoms with Gasteiger partial charge >= 0.3 is 0 Å². The highest BCUT2D eigenvalue weighted by molar-refractivity contribution is 7.18. The first-order valence-electron chi connectivity index (χ1n) is 11.6.